The number of carbonyl (C=O) groups is 1. The number of benzene rings is 1. The standard InChI is InChI=1S/C17H17N5O6/c1-9(23)21-13(10-4-6-11(7-5-10)22(27)28)8-12(18-21)14-15(24)19(2)17(26)20(3)16(14)25/h4-7,13,24H,8H2,1-3H3/t13-/m1/s1. The Morgan fingerprint density at radius 1 is 1.21 bits per heavy atom. The van der Waals surface area contributed by atoms with Crippen LogP contribution in [0.15, 0.2) is 39.0 Å². The van der Waals surface area contributed by atoms with Gasteiger partial charge in [-0.3, -0.25) is 28.8 Å². The SMILES string of the molecule is CC(=O)N1N=C(c2c(O)n(C)c(=O)n(C)c2=O)C[C@@H]1c1ccc([N+](=O)[O-])cc1. The Morgan fingerprint density at radius 2 is 1.82 bits per heavy atom. The molecule has 0 spiro atoms. The summed E-state index contributed by atoms with van der Waals surface area (Å²) in [4.78, 5) is 46.8. The van der Waals surface area contributed by atoms with Gasteiger partial charge in [-0.05, 0) is 5.56 Å². The van der Waals surface area contributed by atoms with Crippen molar-refractivity contribution in [1.82, 2.24) is 14.1 Å². The van der Waals surface area contributed by atoms with E-state index in [1.807, 2.05) is 0 Å². The molecule has 0 fully saturated rings. The average Bonchev–Trinajstić information content (AvgIpc) is 3.10. The number of rotatable bonds is 3. The fourth-order valence-corrected chi connectivity index (χ4v) is 3.12. The van der Waals surface area contributed by atoms with Crippen molar-refractivity contribution in [2.24, 2.45) is 19.2 Å². The molecule has 0 radical (unpaired) electrons. The number of aromatic hydroxyl groups is 1. The molecule has 2 heterocycles. The predicted octanol–water partition coefficient (Wildman–Crippen LogP) is 0.395. The second-order valence-electron chi connectivity index (χ2n) is 6.38. The van der Waals surface area contributed by atoms with Crippen LogP contribution in [0, 0.1) is 10.1 Å². The van der Waals surface area contributed by atoms with E-state index in [4.69, 9.17) is 0 Å². The third-order valence-electron chi connectivity index (χ3n) is 4.64. The number of non-ortho nitro benzene ring substituents is 1. The first-order valence-corrected chi connectivity index (χ1v) is 8.24. The molecule has 1 aliphatic rings. The zero-order valence-electron chi connectivity index (χ0n) is 15.3. The van der Waals surface area contributed by atoms with Gasteiger partial charge in [-0.15, -0.1) is 0 Å². The molecule has 11 nitrogen and oxygen atoms in total. The number of hydrogen-bond acceptors (Lipinski definition) is 7. The zero-order valence-corrected chi connectivity index (χ0v) is 15.3. The molecule has 11 heteroatoms. The zero-order chi connectivity index (χ0) is 20.7. The summed E-state index contributed by atoms with van der Waals surface area (Å²) in [7, 11) is 2.59. The van der Waals surface area contributed by atoms with Crippen molar-refractivity contribution in [2.75, 3.05) is 0 Å². The highest BCUT2D eigenvalue weighted by atomic mass is 16.6. The largest absolute Gasteiger partial charge is 0.494 e. The Balaban J connectivity index is 2.08. The molecule has 2 aromatic rings. The van der Waals surface area contributed by atoms with Gasteiger partial charge in [0.1, 0.15) is 5.56 Å². The van der Waals surface area contributed by atoms with Gasteiger partial charge in [-0.25, -0.2) is 9.80 Å². The van der Waals surface area contributed by atoms with E-state index in [1.54, 1.807) is 0 Å². The van der Waals surface area contributed by atoms with E-state index in [-0.39, 0.29) is 23.4 Å². The van der Waals surface area contributed by atoms with Crippen LogP contribution >= 0.6 is 0 Å². The van der Waals surface area contributed by atoms with Crippen molar-refractivity contribution >= 4 is 17.3 Å². The summed E-state index contributed by atoms with van der Waals surface area (Å²) in [6.07, 6.45) is 0.0956. The summed E-state index contributed by atoms with van der Waals surface area (Å²) in [5, 5.41) is 26.5. The Labute approximate surface area is 157 Å². The molecular weight excluding hydrogens is 370 g/mol. The smallest absolute Gasteiger partial charge is 0.333 e. The molecular formula is C17H17N5O6. The Kier molecular flexibility index (Phi) is 4.59. The highest BCUT2D eigenvalue weighted by Gasteiger charge is 2.34. The second kappa shape index (κ2) is 6.76. The van der Waals surface area contributed by atoms with Gasteiger partial charge in [0, 0.05) is 39.6 Å². The molecule has 1 atom stereocenters. The molecule has 0 saturated carbocycles. The van der Waals surface area contributed by atoms with Crippen molar-refractivity contribution < 1.29 is 14.8 Å². The van der Waals surface area contributed by atoms with Gasteiger partial charge in [0.15, 0.2) is 0 Å². The first-order chi connectivity index (χ1) is 13.1. The average molecular weight is 387 g/mol. The maximum atomic E-state index is 12.5. The van der Waals surface area contributed by atoms with Gasteiger partial charge < -0.3 is 5.11 Å². The number of nitro benzene ring substituents is 1. The van der Waals surface area contributed by atoms with Crippen LogP contribution in [0.5, 0.6) is 5.88 Å². The molecule has 1 aliphatic heterocycles. The summed E-state index contributed by atoms with van der Waals surface area (Å²) < 4.78 is 1.76. The summed E-state index contributed by atoms with van der Waals surface area (Å²) in [6, 6.07) is 5.05. The number of amides is 1. The normalized spacial score (nSPS) is 16.2. The summed E-state index contributed by atoms with van der Waals surface area (Å²) in [5.74, 6) is -0.945. The molecule has 1 aromatic heterocycles. The van der Waals surface area contributed by atoms with Crippen LogP contribution in [0.4, 0.5) is 5.69 Å². The number of carbonyl (C=O) groups excluding carboxylic acids is 1. The molecule has 1 aromatic carbocycles. The molecule has 1 amide bonds. The van der Waals surface area contributed by atoms with E-state index in [2.05, 4.69) is 5.10 Å². The highest BCUT2D eigenvalue weighted by Crippen LogP contribution is 2.34. The maximum Gasteiger partial charge on any atom is 0.333 e. The molecule has 146 valence electrons. The molecule has 3 rings (SSSR count). The van der Waals surface area contributed by atoms with E-state index >= 15 is 0 Å². The van der Waals surface area contributed by atoms with Crippen LogP contribution < -0.4 is 11.2 Å². The van der Waals surface area contributed by atoms with Gasteiger partial charge >= 0.3 is 5.69 Å². The topological polar surface area (TPSA) is 140 Å². The van der Waals surface area contributed by atoms with E-state index in [1.165, 1.54) is 45.3 Å². The lowest BCUT2D eigenvalue weighted by molar-refractivity contribution is -0.384. The predicted molar refractivity (Wildman–Crippen MR) is 98.1 cm³/mol. The van der Waals surface area contributed by atoms with Crippen LogP contribution in [-0.4, -0.2) is 35.8 Å². The van der Waals surface area contributed by atoms with Gasteiger partial charge in [0.2, 0.25) is 11.8 Å². The number of hydrogen-bond donors (Lipinski definition) is 1. The summed E-state index contributed by atoms with van der Waals surface area (Å²) in [6.45, 7) is 1.30. The number of nitro groups is 1. The van der Waals surface area contributed by atoms with Gasteiger partial charge in [0.25, 0.3) is 11.2 Å². The lowest BCUT2D eigenvalue weighted by Gasteiger charge is -2.20. The minimum atomic E-state index is -0.729. The Hall–Kier alpha value is -3.76. The van der Waals surface area contributed by atoms with Gasteiger partial charge in [0.05, 0.1) is 16.7 Å². The Bertz CT molecular complexity index is 1130. The van der Waals surface area contributed by atoms with Crippen LogP contribution in [-0.2, 0) is 18.9 Å². The van der Waals surface area contributed by atoms with Crippen molar-refractivity contribution in [2.45, 2.75) is 19.4 Å². The number of aromatic nitrogens is 2. The quantitative estimate of drug-likeness (QED) is 0.597. The molecule has 1 N–H and O–H groups in total. The summed E-state index contributed by atoms with van der Waals surface area (Å²) >= 11 is 0. The first kappa shape index (κ1) is 19.0. The molecule has 0 bridgehead atoms. The van der Waals surface area contributed by atoms with E-state index in [0.29, 0.717) is 5.56 Å². The van der Waals surface area contributed by atoms with Crippen LogP contribution in [0.2, 0.25) is 0 Å². The second-order valence-corrected chi connectivity index (χ2v) is 6.38. The molecule has 28 heavy (non-hydrogen) atoms. The van der Waals surface area contributed by atoms with Crippen molar-refractivity contribution in [3.05, 3.63) is 66.3 Å². The van der Waals surface area contributed by atoms with Crippen molar-refractivity contribution in [3.63, 3.8) is 0 Å². The third kappa shape index (κ3) is 2.96. The van der Waals surface area contributed by atoms with Crippen LogP contribution in [0.1, 0.15) is 30.5 Å². The first-order valence-electron chi connectivity index (χ1n) is 8.24. The Morgan fingerprint density at radius 3 is 2.36 bits per heavy atom. The van der Waals surface area contributed by atoms with E-state index < -0.39 is 34.0 Å². The van der Waals surface area contributed by atoms with Crippen molar-refractivity contribution in [1.29, 1.82) is 0 Å². The summed E-state index contributed by atoms with van der Waals surface area (Å²) in [5.41, 5.74) is -0.956. The number of hydrazone groups is 1. The van der Waals surface area contributed by atoms with E-state index in [9.17, 15) is 29.6 Å². The highest BCUT2D eigenvalue weighted by molar-refractivity contribution is 6.04. The fraction of sp³-hybridized carbons (Fsp3) is 0.294. The third-order valence-corrected chi connectivity index (χ3v) is 4.64. The number of nitrogens with zero attached hydrogens (tertiary/aromatic N) is 5. The van der Waals surface area contributed by atoms with Gasteiger partial charge in [-0.2, -0.15) is 5.10 Å². The fourth-order valence-electron chi connectivity index (χ4n) is 3.12. The van der Waals surface area contributed by atoms with Crippen molar-refractivity contribution in [3.8, 4) is 5.88 Å². The molecule has 0 unspecified atom stereocenters. The monoisotopic (exact) mass is 387 g/mol. The van der Waals surface area contributed by atoms with Crippen LogP contribution in [0.25, 0.3) is 0 Å². The van der Waals surface area contributed by atoms with E-state index in [0.717, 1.165) is 14.1 Å². The van der Waals surface area contributed by atoms with Crippen LogP contribution in [0.3, 0.4) is 0 Å². The lowest BCUT2D eigenvalue weighted by atomic mass is 9.99. The minimum Gasteiger partial charge on any atom is -0.494 e. The molecule has 0 saturated heterocycles. The minimum absolute atomic E-state index is 0.0955. The lowest BCUT2D eigenvalue weighted by Crippen LogP contribution is -2.39. The maximum absolute atomic E-state index is 12.5. The van der Waals surface area contributed by atoms with Gasteiger partial charge in [-0.1, -0.05) is 12.1 Å². The molecule has 0 aliphatic carbocycles.